The van der Waals surface area contributed by atoms with Crippen molar-refractivity contribution in [2.45, 2.75) is 63.9 Å². The van der Waals surface area contributed by atoms with Gasteiger partial charge >= 0.3 is 6.09 Å². The molecule has 0 saturated carbocycles. The van der Waals surface area contributed by atoms with Crippen LogP contribution < -0.4 is 16.0 Å². The largest absolute Gasteiger partial charge is 0.445 e. The van der Waals surface area contributed by atoms with Gasteiger partial charge in [-0.25, -0.2) is 9.78 Å². The smallest absolute Gasteiger partial charge is 0.408 e. The second-order valence-electron chi connectivity index (χ2n) is 10.3. The van der Waals surface area contributed by atoms with E-state index in [9.17, 15) is 24.6 Å². The number of aromatic amines is 1. The zero-order valence-corrected chi connectivity index (χ0v) is 23.3. The fraction of sp³-hybridized carbons (Fsp3) is 0.400. The van der Waals surface area contributed by atoms with Crippen LogP contribution in [0.5, 0.6) is 0 Å². The van der Waals surface area contributed by atoms with Crippen LogP contribution in [0.2, 0.25) is 0 Å². The molecule has 3 aromatic rings. The zero-order chi connectivity index (χ0) is 29.6. The molecule has 41 heavy (non-hydrogen) atoms. The van der Waals surface area contributed by atoms with Crippen molar-refractivity contribution < 1.29 is 29.3 Å². The van der Waals surface area contributed by atoms with Gasteiger partial charge in [0, 0.05) is 19.0 Å². The van der Waals surface area contributed by atoms with E-state index in [0.717, 1.165) is 11.1 Å². The van der Waals surface area contributed by atoms with Crippen LogP contribution in [0.25, 0.3) is 0 Å². The average molecular weight is 566 g/mol. The summed E-state index contributed by atoms with van der Waals surface area (Å²) in [5.74, 6) is -1.02. The number of nitrogens with one attached hydrogen (secondary N) is 4. The van der Waals surface area contributed by atoms with Gasteiger partial charge in [0.1, 0.15) is 18.7 Å². The van der Waals surface area contributed by atoms with E-state index in [1.807, 2.05) is 74.5 Å². The lowest BCUT2D eigenvalue weighted by atomic mass is 9.98. The molecule has 0 bridgehead atoms. The number of aliphatic hydroxyl groups excluding tert-OH is 2. The maximum Gasteiger partial charge on any atom is 0.408 e. The highest BCUT2D eigenvalue weighted by Gasteiger charge is 2.31. The molecule has 0 aliphatic rings. The second-order valence-corrected chi connectivity index (χ2v) is 10.3. The van der Waals surface area contributed by atoms with Gasteiger partial charge in [-0.1, -0.05) is 74.5 Å². The third-order valence-electron chi connectivity index (χ3n) is 6.41. The van der Waals surface area contributed by atoms with Crippen molar-refractivity contribution in [3.05, 3.63) is 90.0 Å². The van der Waals surface area contributed by atoms with E-state index in [-0.39, 0.29) is 25.4 Å². The Labute approximate surface area is 239 Å². The SMILES string of the molecule is CC(C)C[C@H](NC(=O)[C@H](Cc1c[nH]cn1)NC(=O)[C@H](Cc1ccccc1)NC(=O)OCc1ccccc1)C(O)CO. The first-order valence-corrected chi connectivity index (χ1v) is 13.6. The fourth-order valence-electron chi connectivity index (χ4n) is 4.29. The maximum atomic E-state index is 13.6. The minimum atomic E-state index is -1.17. The third kappa shape index (κ3) is 10.7. The molecule has 1 heterocycles. The number of nitrogens with zero attached hydrogens (tertiary/aromatic N) is 1. The van der Waals surface area contributed by atoms with Crippen molar-refractivity contribution in [3.63, 3.8) is 0 Å². The molecule has 4 atom stereocenters. The summed E-state index contributed by atoms with van der Waals surface area (Å²) in [5.41, 5.74) is 2.12. The standard InChI is InChI=1S/C30H39N5O6/c1-20(2)13-24(27(37)17-36)33-29(39)26(15-23-16-31-19-32-23)34-28(38)25(14-21-9-5-3-6-10-21)35-30(40)41-18-22-11-7-4-8-12-22/h3-12,16,19-20,24-27,36-37H,13-15,17-18H2,1-2H3,(H,31,32)(H,33,39)(H,34,38)(H,35,40)/t24-,25-,26-,27?/m0/s1. The highest BCUT2D eigenvalue weighted by atomic mass is 16.5. The number of imidazole rings is 1. The summed E-state index contributed by atoms with van der Waals surface area (Å²) in [6.07, 6.45) is 1.76. The second kappa shape index (κ2) is 16.1. The topological polar surface area (TPSA) is 166 Å². The molecule has 3 rings (SSSR count). The molecule has 0 spiro atoms. The first-order chi connectivity index (χ1) is 19.7. The van der Waals surface area contributed by atoms with Crippen LogP contribution in [0.4, 0.5) is 4.79 Å². The Morgan fingerprint density at radius 2 is 1.49 bits per heavy atom. The Balaban J connectivity index is 1.76. The van der Waals surface area contributed by atoms with Gasteiger partial charge in [0.15, 0.2) is 0 Å². The molecule has 1 aromatic heterocycles. The van der Waals surface area contributed by atoms with Gasteiger partial charge < -0.3 is 35.9 Å². The van der Waals surface area contributed by atoms with E-state index < -0.39 is 48.7 Å². The van der Waals surface area contributed by atoms with Crippen molar-refractivity contribution in [2.75, 3.05) is 6.61 Å². The number of rotatable bonds is 15. The highest BCUT2D eigenvalue weighted by molar-refractivity contribution is 5.91. The number of ether oxygens (including phenoxy) is 1. The number of aliphatic hydroxyl groups is 2. The summed E-state index contributed by atoms with van der Waals surface area (Å²) < 4.78 is 5.34. The minimum Gasteiger partial charge on any atom is -0.445 e. The molecule has 220 valence electrons. The highest BCUT2D eigenvalue weighted by Crippen LogP contribution is 2.11. The van der Waals surface area contributed by atoms with Gasteiger partial charge in [-0.3, -0.25) is 9.59 Å². The lowest BCUT2D eigenvalue weighted by Gasteiger charge is -2.28. The molecule has 11 nitrogen and oxygen atoms in total. The molecule has 6 N–H and O–H groups in total. The molecule has 1 unspecified atom stereocenters. The Morgan fingerprint density at radius 3 is 2.07 bits per heavy atom. The number of hydrogen-bond acceptors (Lipinski definition) is 7. The lowest BCUT2D eigenvalue weighted by molar-refractivity contribution is -0.131. The number of hydrogen-bond donors (Lipinski definition) is 6. The Bertz CT molecular complexity index is 1210. The fourth-order valence-corrected chi connectivity index (χ4v) is 4.29. The number of amides is 3. The molecular formula is C30H39N5O6. The summed E-state index contributed by atoms with van der Waals surface area (Å²) in [6.45, 7) is 3.37. The van der Waals surface area contributed by atoms with Gasteiger partial charge in [0.05, 0.1) is 30.8 Å². The molecule has 0 aliphatic heterocycles. The summed E-state index contributed by atoms with van der Waals surface area (Å²) in [6, 6.07) is 15.5. The first-order valence-electron chi connectivity index (χ1n) is 13.6. The predicted molar refractivity (Wildman–Crippen MR) is 152 cm³/mol. The number of alkyl carbamates (subject to hydrolysis) is 1. The van der Waals surface area contributed by atoms with Gasteiger partial charge in [-0.2, -0.15) is 0 Å². The summed E-state index contributed by atoms with van der Waals surface area (Å²) in [5, 5.41) is 27.9. The number of carbonyl (C=O) groups excluding carboxylic acids is 3. The van der Waals surface area contributed by atoms with Crippen molar-refractivity contribution in [1.29, 1.82) is 0 Å². The van der Waals surface area contributed by atoms with E-state index >= 15 is 0 Å². The molecule has 0 fully saturated rings. The van der Waals surface area contributed by atoms with Crippen LogP contribution in [0.15, 0.2) is 73.2 Å². The molecular weight excluding hydrogens is 526 g/mol. The zero-order valence-electron chi connectivity index (χ0n) is 23.3. The average Bonchev–Trinajstić information content (AvgIpc) is 3.48. The Hall–Kier alpha value is -4.22. The van der Waals surface area contributed by atoms with Crippen LogP contribution in [-0.4, -0.2) is 68.9 Å². The van der Waals surface area contributed by atoms with E-state index in [2.05, 4.69) is 25.9 Å². The number of aromatic nitrogens is 2. The van der Waals surface area contributed by atoms with Crippen LogP contribution in [-0.2, 0) is 33.8 Å². The molecule has 3 amide bonds. The summed E-state index contributed by atoms with van der Waals surface area (Å²) >= 11 is 0. The van der Waals surface area contributed by atoms with Gasteiger partial charge in [0.25, 0.3) is 0 Å². The van der Waals surface area contributed by atoms with Crippen LogP contribution in [0.1, 0.15) is 37.1 Å². The van der Waals surface area contributed by atoms with Crippen LogP contribution in [0, 0.1) is 5.92 Å². The summed E-state index contributed by atoms with van der Waals surface area (Å²) in [4.78, 5) is 46.7. The van der Waals surface area contributed by atoms with E-state index in [4.69, 9.17) is 4.74 Å². The summed E-state index contributed by atoms with van der Waals surface area (Å²) in [7, 11) is 0. The van der Waals surface area contributed by atoms with Crippen LogP contribution in [0.3, 0.4) is 0 Å². The van der Waals surface area contributed by atoms with Gasteiger partial charge in [-0.05, 0) is 23.5 Å². The molecule has 11 heteroatoms. The molecule has 0 aliphatic carbocycles. The first kappa shape index (κ1) is 31.3. The number of H-pyrrole nitrogens is 1. The maximum absolute atomic E-state index is 13.6. The van der Waals surface area contributed by atoms with Gasteiger partial charge in [0.2, 0.25) is 11.8 Å². The van der Waals surface area contributed by atoms with E-state index in [1.165, 1.54) is 6.33 Å². The van der Waals surface area contributed by atoms with Crippen LogP contribution >= 0.6 is 0 Å². The quantitative estimate of drug-likeness (QED) is 0.164. The van der Waals surface area contributed by atoms with E-state index in [1.54, 1.807) is 6.20 Å². The normalized spacial score (nSPS) is 14.0. The van der Waals surface area contributed by atoms with E-state index in [0.29, 0.717) is 12.1 Å². The van der Waals surface area contributed by atoms with Crippen molar-refractivity contribution in [1.82, 2.24) is 25.9 Å². The Kier molecular flexibility index (Phi) is 12.3. The number of carbonyl (C=O) groups is 3. The monoisotopic (exact) mass is 565 g/mol. The minimum absolute atomic E-state index is 0.0287. The molecule has 0 saturated heterocycles. The lowest BCUT2D eigenvalue weighted by Crippen LogP contribution is -2.57. The van der Waals surface area contributed by atoms with Crippen molar-refractivity contribution in [2.24, 2.45) is 5.92 Å². The number of benzene rings is 2. The predicted octanol–water partition coefficient (Wildman–Crippen LogP) is 1.86. The Morgan fingerprint density at radius 1 is 0.878 bits per heavy atom. The van der Waals surface area contributed by atoms with Crippen molar-refractivity contribution in [3.8, 4) is 0 Å². The van der Waals surface area contributed by atoms with Gasteiger partial charge in [-0.15, -0.1) is 0 Å². The molecule has 0 radical (unpaired) electrons. The molecule has 2 aromatic carbocycles. The van der Waals surface area contributed by atoms with Crippen molar-refractivity contribution >= 4 is 17.9 Å². The third-order valence-corrected chi connectivity index (χ3v) is 6.41.